The van der Waals surface area contributed by atoms with Gasteiger partial charge in [0.15, 0.2) is 0 Å². The summed E-state index contributed by atoms with van der Waals surface area (Å²) in [5, 5.41) is 0. The Morgan fingerprint density at radius 3 is 0.846 bits per heavy atom. The topological polar surface area (TPSA) is 9.72 Å². The van der Waals surface area contributed by atoms with Crippen LogP contribution in [0.4, 0.5) is 0 Å². The summed E-state index contributed by atoms with van der Waals surface area (Å²) in [4.78, 5) is 7.20. The maximum atomic E-state index is 2.40. The van der Waals surface area contributed by atoms with Crippen LogP contribution in [0.25, 0.3) is 0 Å². The van der Waals surface area contributed by atoms with Crippen molar-refractivity contribution in [1.82, 2.24) is 14.7 Å². The van der Waals surface area contributed by atoms with Crippen molar-refractivity contribution in [2.24, 2.45) is 0 Å². The zero-order valence-electron chi connectivity index (χ0n) is 8.89. The van der Waals surface area contributed by atoms with Crippen LogP contribution in [0.1, 0.15) is 0 Å². The van der Waals surface area contributed by atoms with E-state index in [4.69, 9.17) is 0 Å². The van der Waals surface area contributed by atoms with Gasteiger partial charge in [0.2, 0.25) is 0 Å². The fraction of sp³-hybridized carbons (Fsp3) is 1.00. The number of hydrogen-bond acceptors (Lipinski definition) is 3. The summed E-state index contributed by atoms with van der Waals surface area (Å²) < 4.78 is 0. The number of hydrogen-bond donors (Lipinski definition) is 0. The summed E-state index contributed by atoms with van der Waals surface area (Å²) in [6.45, 7) is 7.19. The Morgan fingerprint density at radius 2 is 0.692 bits per heavy atom. The molecular formula is C9H21CuN3+2. The van der Waals surface area contributed by atoms with E-state index in [1.54, 1.807) is 0 Å². The van der Waals surface area contributed by atoms with Crippen molar-refractivity contribution < 1.29 is 17.1 Å². The number of nitrogens with zero attached hydrogens (tertiary/aromatic N) is 3. The van der Waals surface area contributed by atoms with E-state index in [0.29, 0.717) is 0 Å². The zero-order valence-corrected chi connectivity index (χ0v) is 9.83. The first-order valence-corrected chi connectivity index (χ1v) is 4.74. The molecule has 1 fully saturated rings. The normalized spacial score (nSPS) is 24.2. The summed E-state index contributed by atoms with van der Waals surface area (Å²) in [5.41, 5.74) is 0. The van der Waals surface area contributed by atoms with Crippen molar-refractivity contribution in [3.05, 3.63) is 0 Å². The molecule has 0 aliphatic carbocycles. The fourth-order valence-electron chi connectivity index (χ4n) is 1.36. The van der Waals surface area contributed by atoms with Crippen molar-refractivity contribution in [1.29, 1.82) is 0 Å². The van der Waals surface area contributed by atoms with Gasteiger partial charge in [-0.1, -0.05) is 0 Å². The van der Waals surface area contributed by atoms with Gasteiger partial charge in [-0.25, -0.2) is 0 Å². The van der Waals surface area contributed by atoms with Gasteiger partial charge in [0.1, 0.15) is 0 Å². The van der Waals surface area contributed by atoms with Gasteiger partial charge in [0.05, 0.1) is 0 Å². The minimum atomic E-state index is 0. The number of rotatable bonds is 0. The van der Waals surface area contributed by atoms with E-state index in [9.17, 15) is 0 Å². The van der Waals surface area contributed by atoms with E-state index in [2.05, 4.69) is 35.8 Å². The molecule has 13 heavy (non-hydrogen) atoms. The largest absolute Gasteiger partial charge is 2.00 e. The molecule has 0 unspecified atom stereocenters. The Hall–Kier alpha value is 0.399. The first-order chi connectivity index (χ1) is 5.68. The van der Waals surface area contributed by atoms with Crippen LogP contribution in [0.5, 0.6) is 0 Å². The molecule has 1 radical (unpaired) electrons. The van der Waals surface area contributed by atoms with Gasteiger partial charge in [0.25, 0.3) is 0 Å². The zero-order chi connectivity index (χ0) is 8.97. The molecule has 1 heterocycles. The van der Waals surface area contributed by atoms with Gasteiger partial charge in [-0.05, 0) is 21.1 Å². The average molecular weight is 235 g/mol. The molecule has 0 aromatic heterocycles. The van der Waals surface area contributed by atoms with Crippen LogP contribution in [0.2, 0.25) is 0 Å². The second-order valence-corrected chi connectivity index (χ2v) is 3.91. The molecule has 0 aromatic rings. The maximum absolute atomic E-state index is 2.40. The van der Waals surface area contributed by atoms with Crippen LogP contribution >= 0.6 is 0 Å². The van der Waals surface area contributed by atoms with Crippen molar-refractivity contribution in [3.8, 4) is 0 Å². The molecule has 1 rings (SSSR count). The minimum Gasteiger partial charge on any atom is -0.304 e. The molecule has 0 aromatic carbocycles. The molecule has 0 N–H and O–H groups in total. The van der Waals surface area contributed by atoms with E-state index < -0.39 is 0 Å². The van der Waals surface area contributed by atoms with Crippen LogP contribution in [-0.2, 0) is 17.1 Å². The molecular weight excluding hydrogens is 214 g/mol. The third-order valence-electron chi connectivity index (χ3n) is 2.59. The van der Waals surface area contributed by atoms with Crippen LogP contribution < -0.4 is 0 Å². The molecule has 1 aliphatic rings. The fourth-order valence-corrected chi connectivity index (χ4v) is 1.36. The Labute approximate surface area is 92.5 Å². The third-order valence-corrected chi connectivity index (χ3v) is 2.59. The van der Waals surface area contributed by atoms with E-state index in [0.717, 1.165) is 0 Å². The van der Waals surface area contributed by atoms with Gasteiger partial charge in [0, 0.05) is 39.3 Å². The third kappa shape index (κ3) is 5.65. The van der Waals surface area contributed by atoms with E-state index in [-0.39, 0.29) is 17.1 Å². The molecule has 0 amide bonds. The molecule has 0 atom stereocenters. The summed E-state index contributed by atoms with van der Waals surface area (Å²) in [7, 11) is 6.60. The minimum absolute atomic E-state index is 0. The van der Waals surface area contributed by atoms with Crippen molar-refractivity contribution >= 4 is 0 Å². The van der Waals surface area contributed by atoms with Crippen LogP contribution in [0.3, 0.4) is 0 Å². The predicted molar refractivity (Wildman–Crippen MR) is 52.5 cm³/mol. The molecule has 0 saturated carbocycles. The van der Waals surface area contributed by atoms with Crippen molar-refractivity contribution in [3.63, 3.8) is 0 Å². The van der Waals surface area contributed by atoms with Crippen LogP contribution in [0.15, 0.2) is 0 Å². The van der Waals surface area contributed by atoms with Crippen molar-refractivity contribution in [2.45, 2.75) is 0 Å². The smallest absolute Gasteiger partial charge is 0.304 e. The van der Waals surface area contributed by atoms with E-state index in [1.807, 2.05) is 0 Å². The van der Waals surface area contributed by atoms with Crippen molar-refractivity contribution in [2.75, 3.05) is 60.4 Å². The molecule has 3 nitrogen and oxygen atoms in total. The average Bonchev–Trinajstić information content (AvgIpc) is 2.11. The van der Waals surface area contributed by atoms with Gasteiger partial charge >= 0.3 is 17.1 Å². The molecule has 0 bridgehead atoms. The summed E-state index contributed by atoms with van der Waals surface area (Å²) in [5.74, 6) is 0. The predicted octanol–water partition coefficient (Wildman–Crippen LogP) is -0.207. The first kappa shape index (κ1) is 13.4. The summed E-state index contributed by atoms with van der Waals surface area (Å²) >= 11 is 0. The summed E-state index contributed by atoms with van der Waals surface area (Å²) in [6, 6.07) is 0. The van der Waals surface area contributed by atoms with Crippen LogP contribution in [-0.4, -0.2) is 75.1 Å². The SMILES string of the molecule is CN1CCN(C)CCN(C)CC1.[Cu+2]. The van der Waals surface area contributed by atoms with E-state index >= 15 is 0 Å². The standard InChI is InChI=1S/C9H21N3.Cu/c1-10-4-6-11(2)8-9-12(3)7-5-10;/h4-9H2,1-3H3;/q;+2. The van der Waals surface area contributed by atoms with Gasteiger partial charge < -0.3 is 14.7 Å². The second kappa shape index (κ2) is 6.79. The maximum Gasteiger partial charge on any atom is 2.00 e. The molecule has 1 saturated heterocycles. The second-order valence-electron chi connectivity index (χ2n) is 3.91. The van der Waals surface area contributed by atoms with E-state index in [1.165, 1.54) is 39.3 Å². The number of likely N-dealkylation sites (N-methyl/N-ethyl adjacent to an activating group) is 3. The Kier molecular flexibility index (Phi) is 7.00. The molecule has 81 valence electrons. The molecule has 4 heteroatoms. The van der Waals surface area contributed by atoms with Crippen LogP contribution in [0, 0.1) is 0 Å². The molecule has 1 aliphatic heterocycles. The Bertz CT molecular complexity index is 96.3. The Balaban J connectivity index is 0.00000144. The summed E-state index contributed by atoms with van der Waals surface area (Å²) in [6.07, 6.45) is 0. The van der Waals surface area contributed by atoms with Gasteiger partial charge in [-0.15, -0.1) is 0 Å². The first-order valence-electron chi connectivity index (χ1n) is 4.74. The monoisotopic (exact) mass is 234 g/mol. The Morgan fingerprint density at radius 1 is 0.538 bits per heavy atom. The van der Waals surface area contributed by atoms with Gasteiger partial charge in [-0.2, -0.15) is 0 Å². The quantitative estimate of drug-likeness (QED) is 0.538. The van der Waals surface area contributed by atoms with Gasteiger partial charge in [-0.3, -0.25) is 0 Å². The molecule has 0 spiro atoms.